The van der Waals surface area contributed by atoms with Crippen LogP contribution in [-0.2, 0) is 0 Å². The van der Waals surface area contributed by atoms with Crippen molar-refractivity contribution in [3.8, 4) is 67.5 Å². The molecule has 0 fully saturated rings. The van der Waals surface area contributed by atoms with Crippen LogP contribution >= 0.6 is 11.3 Å². The summed E-state index contributed by atoms with van der Waals surface area (Å²) in [6.45, 7) is 0. The summed E-state index contributed by atoms with van der Waals surface area (Å²) in [4.78, 5) is 15.3. The highest BCUT2D eigenvalue weighted by Gasteiger charge is 2.20. The summed E-state index contributed by atoms with van der Waals surface area (Å²) in [7, 11) is 0. The number of hydrogen-bond acceptors (Lipinski definition) is 5. The van der Waals surface area contributed by atoms with Gasteiger partial charge < -0.3 is 4.42 Å². The number of hydrogen-bond donors (Lipinski definition) is 0. The molecule has 0 atom stereocenters. The van der Waals surface area contributed by atoms with Crippen molar-refractivity contribution in [3.05, 3.63) is 188 Å². The predicted octanol–water partition coefficient (Wildman–Crippen LogP) is 14.1. The summed E-state index contributed by atoms with van der Waals surface area (Å²) in [5.74, 6) is 1.83. The van der Waals surface area contributed by atoms with Gasteiger partial charge in [0, 0.05) is 53.2 Å². The van der Waals surface area contributed by atoms with Crippen LogP contribution in [0.5, 0.6) is 0 Å². The molecule has 0 saturated carbocycles. The van der Waals surface area contributed by atoms with E-state index < -0.39 is 0 Å². The van der Waals surface area contributed by atoms with Gasteiger partial charge in [0.1, 0.15) is 11.2 Å². The monoisotopic (exact) mass is 733 g/mol. The summed E-state index contributed by atoms with van der Waals surface area (Å²) < 4.78 is 9.25. The molecular weight excluding hydrogens is 703 g/mol. The molecule has 262 valence electrons. The van der Waals surface area contributed by atoms with Gasteiger partial charge in [-0.05, 0) is 70.3 Å². The molecule has 0 unspecified atom stereocenters. The van der Waals surface area contributed by atoms with Crippen LogP contribution in [0.4, 0.5) is 0 Å². The molecule has 11 aromatic rings. The third kappa shape index (κ3) is 5.56. The normalized spacial score (nSPS) is 11.6. The molecule has 3 aromatic heterocycles. The van der Waals surface area contributed by atoms with Crippen molar-refractivity contribution in [1.82, 2.24) is 15.0 Å². The zero-order chi connectivity index (χ0) is 37.0. The van der Waals surface area contributed by atoms with Crippen LogP contribution in [0.2, 0.25) is 0 Å². The second-order valence-corrected chi connectivity index (χ2v) is 15.0. The molecule has 0 aliphatic rings. The first-order valence-electron chi connectivity index (χ1n) is 18.7. The predicted molar refractivity (Wildman–Crippen MR) is 233 cm³/mol. The van der Waals surface area contributed by atoms with Crippen molar-refractivity contribution < 1.29 is 4.42 Å². The molecule has 4 nitrogen and oxygen atoms in total. The fourth-order valence-corrected chi connectivity index (χ4v) is 9.05. The Kier molecular flexibility index (Phi) is 7.64. The summed E-state index contributed by atoms with van der Waals surface area (Å²) in [6.07, 6.45) is 0. The topological polar surface area (TPSA) is 51.8 Å². The molecular formula is C51H31N3OS. The first-order chi connectivity index (χ1) is 27.7. The molecule has 0 amide bonds. The van der Waals surface area contributed by atoms with Gasteiger partial charge in [-0.3, -0.25) is 0 Å². The minimum atomic E-state index is 0.596. The Hall–Kier alpha value is -7.21. The standard InChI is InChI=1S/C51H31N3OS/c1-4-14-32(15-5-1)35-20-12-21-37(28-35)50-52-49(34-18-8-3-9-19-34)53-51(54-50)41-23-13-24-44-47(41)40-27-26-36(31-45(40)55-44)38-29-42(33-16-6-2-7-17-33)48-43(30-38)39-22-10-11-25-46(39)56-48/h1-31H. The largest absolute Gasteiger partial charge is 0.456 e. The van der Waals surface area contributed by atoms with E-state index in [1.807, 2.05) is 59.9 Å². The Morgan fingerprint density at radius 2 is 0.964 bits per heavy atom. The van der Waals surface area contributed by atoms with Gasteiger partial charge in [-0.25, -0.2) is 15.0 Å². The van der Waals surface area contributed by atoms with Crippen LogP contribution in [-0.4, -0.2) is 15.0 Å². The number of rotatable bonds is 6. The maximum absolute atomic E-state index is 6.66. The molecule has 0 bridgehead atoms. The van der Waals surface area contributed by atoms with E-state index in [1.165, 1.54) is 31.3 Å². The van der Waals surface area contributed by atoms with Crippen molar-refractivity contribution in [2.45, 2.75) is 0 Å². The van der Waals surface area contributed by atoms with Gasteiger partial charge in [-0.15, -0.1) is 11.3 Å². The van der Waals surface area contributed by atoms with Crippen molar-refractivity contribution in [2.75, 3.05) is 0 Å². The lowest BCUT2D eigenvalue weighted by Gasteiger charge is -2.10. The lowest BCUT2D eigenvalue weighted by molar-refractivity contribution is 0.669. The minimum Gasteiger partial charge on any atom is -0.456 e. The number of benzene rings is 8. The average molecular weight is 734 g/mol. The molecule has 56 heavy (non-hydrogen) atoms. The maximum Gasteiger partial charge on any atom is 0.164 e. The van der Waals surface area contributed by atoms with Crippen LogP contribution in [0.3, 0.4) is 0 Å². The number of fused-ring (bicyclic) bond motifs is 6. The van der Waals surface area contributed by atoms with E-state index in [9.17, 15) is 0 Å². The fourth-order valence-electron chi connectivity index (χ4n) is 7.83. The molecule has 0 N–H and O–H groups in total. The third-order valence-corrected chi connectivity index (χ3v) is 11.7. The smallest absolute Gasteiger partial charge is 0.164 e. The Morgan fingerprint density at radius 1 is 0.339 bits per heavy atom. The number of aromatic nitrogens is 3. The fraction of sp³-hybridized carbons (Fsp3) is 0. The van der Waals surface area contributed by atoms with Gasteiger partial charge in [0.2, 0.25) is 0 Å². The van der Waals surface area contributed by atoms with Gasteiger partial charge in [-0.2, -0.15) is 0 Å². The Morgan fingerprint density at radius 3 is 1.77 bits per heavy atom. The number of nitrogens with zero attached hydrogens (tertiary/aromatic N) is 3. The second kappa shape index (κ2) is 13.3. The average Bonchev–Trinajstić information content (AvgIpc) is 3.85. The molecule has 3 heterocycles. The van der Waals surface area contributed by atoms with Gasteiger partial charge in [0.15, 0.2) is 17.5 Å². The summed E-state index contributed by atoms with van der Waals surface area (Å²) in [5, 5.41) is 4.54. The van der Waals surface area contributed by atoms with Crippen molar-refractivity contribution in [3.63, 3.8) is 0 Å². The van der Waals surface area contributed by atoms with E-state index in [0.29, 0.717) is 17.5 Å². The summed E-state index contributed by atoms with van der Waals surface area (Å²) in [5.41, 5.74) is 11.3. The SMILES string of the molecule is c1ccc(-c2cccc(-c3nc(-c4ccccc4)nc(-c4cccc5oc6cc(-c7cc(-c8ccccc8)c8sc9ccccc9c8c7)ccc6c45)n3)c2)cc1. The van der Waals surface area contributed by atoms with E-state index in [2.05, 4.69) is 140 Å². The molecule has 0 aliphatic carbocycles. The highest BCUT2D eigenvalue weighted by atomic mass is 32.1. The molecule has 8 aromatic carbocycles. The van der Waals surface area contributed by atoms with Gasteiger partial charge in [-0.1, -0.05) is 146 Å². The molecule has 11 rings (SSSR count). The highest BCUT2D eigenvalue weighted by Crippen LogP contribution is 2.44. The Labute approximate surface area is 327 Å². The summed E-state index contributed by atoms with van der Waals surface area (Å²) in [6, 6.07) is 65.6. The van der Waals surface area contributed by atoms with E-state index >= 15 is 0 Å². The van der Waals surface area contributed by atoms with E-state index in [-0.39, 0.29) is 0 Å². The van der Waals surface area contributed by atoms with Gasteiger partial charge in [0.25, 0.3) is 0 Å². The maximum atomic E-state index is 6.66. The van der Waals surface area contributed by atoms with Crippen molar-refractivity contribution in [2.24, 2.45) is 0 Å². The number of thiophene rings is 1. The van der Waals surface area contributed by atoms with Gasteiger partial charge >= 0.3 is 0 Å². The Bertz CT molecular complexity index is 3240. The zero-order valence-electron chi connectivity index (χ0n) is 30.1. The van der Waals surface area contributed by atoms with E-state index in [0.717, 1.165) is 60.9 Å². The third-order valence-electron chi connectivity index (χ3n) is 10.5. The molecule has 0 saturated heterocycles. The molecule has 5 heteroatoms. The lowest BCUT2D eigenvalue weighted by atomic mass is 9.95. The quantitative estimate of drug-likeness (QED) is 0.171. The highest BCUT2D eigenvalue weighted by molar-refractivity contribution is 7.26. The summed E-state index contributed by atoms with van der Waals surface area (Å²) >= 11 is 1.86. The van der Waals surface area contributed by atoms with Crippen LogP contribution in [0.1, 0.15) is 0 Å². The number of furan rings is 1. The molecule has 0 aliphatic heterocycles. The van der Waals surface area contributed by atoms with Crippen LogP contribution in [0.25, 0.3) is 110 Å². The second-order valence-electron chi connectivity index (χ2n) is 14.0. The molecule has 0 spiro atoms. The minimum absolute atomic E-state index is 0.596. The first kappa shape index (κ1) is 32.2. The van der Waals surface area contributed by atoms with E-state index in [4.69, 9.17) is 19.4 Å². The van der Waals surface area contributed by atoms with E-state index in [1.54, 1.807) is 0 Å². The van der Waals surface area contributed by atoms with Gasteiger partial charge in [0.05, 0.1) is 0 Å². The first-order valence-corrected chi connectivity index (χ1v) is 19.5. The van der Waals surface area contributed by atoms with Crippen LogP contribution < -0.4 is 0 Å². The zero-order valence-corrected chi connectivity index (χ0v) is 30.9. The Balaban J connectivity index is 1.08. The van der Waals surface area contributed by atoms with Crippen molar-refractivity contribution in [1.29, 1.82) is 0 Å². The molecule has 0 radical (unpaired) electrons. The van der Waals surface area contributed by atoms with Crippen LogP contribution in [0, 0.1) is 0 Å². The van der Waals surface area contributed by atoms with Crippen LogP contribution in [0.15, 0.2) is 192 Å². The lowest BCUT2D eigenvalue weighted by Crippen LogP contribution is -2.00. The van der Waals surface area contributed by atoms with Crippen molar-refractivity contribution >= 4 is 53.4 Å².